The Bertz CT molecular complexity index is 655. The van der Waals surface area contributed by atoms with Crippen molar-refractivity contribution in [1.29, 1.82) is 0 Å². The lowest BCUT2D eigenvalue weighted by Gasteiger charge is -2.19. The first-order chi connectivity index (χ1) is 9.42. The molecule has 1 unspecified atom stereocenters. The summed E-state index contributed by atoms with van der Waals surface area (Å²) in [5, 5.41) is 12.9. The van der Waals surface area contributed by atoms with E-state index in [1.807, 2.05) is 13.8 Å². The van der Waals surface area contributed by atoms with Crippen molar-refractivity contribution in [1.82, 2.24) is 5.09 Å². The molecule has 106 valence electrons. The summed E-state index contributed by atoms with van der Waals surface area (Å²) in [5.74, 6) is 0.0875. The fraction of sp³-hybridized carbons (Fsp3) is 0.200. The van der Waals surface area contributed by atoms with E-state index in [4.69, 9.17) is 0 Å². The standard InChI is InChI=1S/C15H18NO3P/c1-11(2)16-20(18,19)15-10-6-4-8-13(15)12-7-3-5-9-14(12)17/h3-11,17H,1-2H3,(H2,16,18,19). The Hall–Kier alpha value is -1.61. The molecule has 0 aliphatic heterocycles. The van der Waals surface area contributed by atoms with Gasteiger partial charge in [0.2, 0.25) is 0 Å². The summed E-state index contributed by atoms with van der Waals surface area (Å²) < 4.78 is 12.5. The van der Waals surface area contributed by atoms with Crippen LogP contribution < -0.4 is 10.4 Å². The lowest BCUT2D eigenvalue weighted by atomic mass is 10.0. The number of hydrogen-bond acceptors (Lipinski definition) is 2. The molecule has 0 saturated heterocycles. The Morgan fingerprint density at radius 2 is 1.55 bits per heavy atom. The van der Waals surface area contributed by atoms with E-state index >= 15 is 0 Å². The van der Waals surface area contributed by atoms with Crippen LogP contribution in [0.3, 0.4) is 0 Å². The van der Waals surface area contributed by atoms with Gasteiger partial charge in [-0.15, -0.1) is 0 Å². The second kappa shape index (κ2) is 5.80. The molecule has 3 N–H and O–H groups in total. The normalized spacial score (nSPS) is 14.2. The first-order valence-corrected chi connectivity index (χ1v) is 8.06. The number of aromatic hydroxyl groups is 1. The molecule has 0 aliphatic rings. The van der Waals surface area contributed by atoms with Crippen molar-refractivity contribution in [2.24, 2.45) is 0 Å². The third-order valence-corrected chi connectivity index (χ3v) is 4.77. The molecule has 0 bridgehead atoms. The lowest BCUT2D eigenvalue weighted by Crippen LogP contribution is -2.26. The van der Waals surface area contributed by atoms with Crippen molar-refractivity contribution >= 4 is 12.8 Å². The minimum absolute atomic E-state index is 0.0875. The molecule has 5 heteroatoms. The molecule has 1 atom stereocenters. The number of benzene rings is 2. The van der Waals surface area contributed by atoms with Gasteiger partial charge in [-0.3, -0.25) is 4.57 Å². The summed E-state index contributed by atoms with van der Waals surface area (Å²) >= 11 is 0. The van der Waals surface area contributed by atoms with Gasteiger partial charge < -0.3 is 10.00 Å². The van der Waals surface area contributed by atoms with E-state index < -0.39 is 7.52 Å². The Balaban J connectivity index is 2.58. The minimum atomic E-state index is -3.69. The highest BCUT2D eigenvalue weighted by molar-refractivity contribution is 7.64. The predicted molar refractivity (Wildman–Crippen MR) is 81.3 cm³/mol. The van der Waals surface area contributed by atoms with Gasteiger partial charge in [-0.1, -0.05) is 36.4 Å². The maximum atomic E-state index is 12.5. The molecule has 0 aliphatic carbocycles. The van der Waals surface area contributed by atoms with Crippen molar-refractivity contribution in [3.05, 3.63) is 48.5 Å². The van der Waals surface area contributed by atoms with Gasteiger partial charge in [0.15, 0.2) is 0 Å². The van der Waals surface area contributed by atoms with E-state index in [2.05, 4.69) is 5.09 Å². The van der Waals surface area contributed by atoms with Gasteiger partial charge in [0.05, 0.1) is 5.30 Å². The molecule has 0 amide bonds. The maximum Gasteiger partial charge on any atom is 0.298 e. The van der Waals surface area contributed by atoms with Crippen LogP contribution in [-0.4, -0.2) is 16.0 Å². The molecule has 0 spiro atoms. The molecule has 0 radical (unpaired) electrons. The number of rotatable bonds is 4. The van der Waals surface area contributed by atoms with Crippen LogP contribution in [0, 0.1) is 0 Å². The van der Waals surface area contributed by atoms with Crippen LogP contribution in [0.4, 0.5) is 0 Å². The first kappa shape index (κ1) is 14.8. The number of phenols is 1. The van der Waals surface area contributed by atoms with Crippen LogP contribution in [0.2, 0.25) is 0 Å². The van der Waals surface area contributed by atoms with E-state index in [0.717, 1.165) is 0 Å². The van der Waals surface area contributed by atoms with Crippen molar-refractivity contribution in [3.8, 4) is 16.9 Å². The first-order valence-electron chi connectivity index (χ1n) is 6.40. The zero-order valence-electron chi connectivity index (χ0n) is 11.4. The molecule has 4 nitrogen and oxygen atoms in total. The Morgan fingerprint density at radius 1 is 1.00 bits per heavy atom. The van der Waals surface area contributed by atoms with Gasteiger partial charge >= 0.3 is 0 Å². The van der Waals surface area contributed by atoms with Crippen LogP contribution in [0.25, 0.3) is 11.1 Å². The molecule has 0 saturated carbocycles. The zero-order chi connectivity index (χ0) is 14.8. The second-order valence-electron chi connectivity index (χ2n) is 4.89. The van der Waals surface area contributed by atoms with E-state index in [1.54, 1.807) is 48.5 Å². The fourth-order valence-electron chi connectivity index (χ4n) is 2.09. The highest BCUT2D eigenvalue weighted by atomic mass is 31.2. The van der Waals surface area contributed by atoms with Gasteiger partial charge in [0.25, 0.3) is 7.52 Å². The molecule has 0 aromatic heterocycles. The van der Waals surface area contributed by atoms with Crippen molar-refractivity contribution in [2.75, 3.05) is 0 Å². The summed E-state index contributed by atoms with van der Waals surface area (Å²) in [6.45, 7) is 3.62. The molecular formula is C15H18NO3P. The Morgan fingerprint density at radius 3 is 2.15 bits per heavy atom. The van der Waals surface area contributed by atoms with Crippen molar-refractivity contribution in [3.63, 3.8) is 0 Å². The lowest BCUT2D eigenvalue weighted by molar-refractivity contribution is 0.467. The predicted octanol–water partition coefficient (Wildman–Crippen LogP) is 2.87. The van der Waals surface area contributed by atoms with Crippen LogP contribution in [-0.2, 0) is 4.57 Å². The van der Waals surface area contributed by atoms with Crippen LogP contribution in [0.15, 0.2) is 48.5 Å². The minimum Gasteiger partial charge on any atom is -0.507 e. The van der Waals surface area contributed by atoms with Crippen molar-refractivity contribution in [2.45, 2.75) is 19.9 Å². The third kappa shape index (κ3) is 3.10. The summed E-state index contributed by atoms with van der Waals surface area (Å²) in [6.07, 6.45) is 0. The van der Waals surface area contributed by atoms with Gasteiger partial charge in [0.1, 0.15) is 5.75 Å². The highest BCUT2D eigenvalue weighted by Gasteiger charge is 2.26. The fourth-order valence-corrected chi connectivity index (χ4v) is 3.74. The zero-order valence-corrected chi connectivity index (χ0v) is 12.3. The third-order valence-electron chi connectivity index (χ3n) is 2.86. The highest BCUT2D eigenvalue weighted by Crippen LogP contribution is 2.40. The van der Waals surface area contributed by atoms with Crippen LogP contribution >= 0.6 is 7.52 Å². The van der Waals surface area contributed by atoms with Gasteiger partial charge in [-0.2, -0.15) is 0 Å². The van der Waals surface area contributed by atoms with Gasteiger partial charge in [-0.25, -0.2) is 5.09 Å². The average Bonchev–Trinajstić information content (AvgIpc) is 2.38. The topological polar surface area (TPSA) is 69.6 Å². The summed E-state index contributed by atoms with van der Waals surface area (Å²) in [4.78, 5) is 10.3. The summed E-state index contributed by atoms with van der Waals surface area (Å²) in [6, 6.07) is 13.5. The monoisotopic (exact) mass is 291 g/mol. The van der Waals surface area contributed by atoms with Crippen molar-refractivity contribution < 1.29 is 14.6 Å². The molecule has 2 aromatic carbocycles. The molecule has 0 fully saturated rings. The molecule has 2 rings (SSSR count). The molecule has 20 heavy (non-hydrogen) atoms. The molecule has 2 aromatic rings. The number of nitrogens with one attached hydrogen (secondary N) is 1. The van der Waals surface area contributed by atoms with E-state index in [1.165, 1.54) is 0 Å². The summed E-state index contributed by atoms with van der Waals surface area (Å²) in [5.41, 5.74) is 1.10. The average molecular weight is 291 g/mol. The Labute approximate surface area is 118 Å². The smallest absolute Gasteiger partial charge is 0.298 e. The van der Waals surface area contributed by atoms with E-state index in [9.17, 15) is 14.6 Å². The van der Waals surface area contributed by atoms with E-state index in [0.29, 0.717) is 16.4 Å². The SMILES string of the molecule is CC(C)NP(=O)(O)c1ccccc1-c1ccccc1O. The van der Waals surface area contributed by atoms with Crippen LogP contribution in [0.5, 0.6) is 5.75 Å². The molecular weight excluding hydrogens is 273 g/mol. The number of phenolic OH excluding ortho intramolecular Hbond substituents is 1. The maximum absolute atomic E-state index is 12.5. The molecule has 0 heterocycles. The number of hydrogen-bond donors (Lipinski definition) is 3. The van der Waals surface area contributed by atoms with E-state index in [-0.39, 0.29) is 11.8 Å². The summed E-state index contributed by atoms with van der Waals surface area (Å²) in [7, 11) is -3.69. The second-order valence-corrected chi connectivity index (χ2v) is 6.79. The Kier molecular flexibility index (Phi) is 4.29. The van der Waals surface area contributed by atoms with Gasteiger partial charge in [-0.05, 0) is 31.5 Å². The number of para-hydroxylation sites is 1. The quantitative estimate of drug-likeness (QED) is 0.758. The largest absolute Gasteiger partial charge is 0.507 e. The van der Waals surface area contributed by atoms with Crippen LogP contribution in [0.1, 0.15) is 13.8 Å². The van der Waals surface area contributed by atoms with Gasteiger partial charge in [0, 0.05) is 11.6 Å².